The fourth-order valence-corrected chi connectivity index (χ4v) is 4.31. The van der Waals surface area contributed by atoms with Gasteiger partial charge in [0.05, 0.1) is 18.3 Å². The van der Waals surface area contributed by atoms with Gasteiger partial charge in [0, 0.05) is 11.1 Å². The lowest BCUT2D eigenvalue weighted by Gasteiger charge is -2.14. The third-order valence-electron chi connectivity index (χ3n) is 4.59. The number of H-pyrrole nitrogens is 1. The lowest BCUT2D eigenvalue weighted by atomic mass is 9.96. The molecule has 0 spiro atoms. The van der Waals surface area contributed by atoms with Crippen molar-refractivity contribution in [1.29, 1.82) is 0 Å². The van der Waals surface area contributed by atoms with Gasteiger partial charge in [-0.2, -0.15) is 0 Å². The van der Waals surface area contributed by atoms with Crippen molar-refractivity contribution in [2.75, 3.05) is 5.75 Å². The molecule has 23 heavy (non-hydrogen) atoms. The largest absolute Gasteiger partial charge is 0.316 e. The van der Waals surface area contributed by atoms with Crippen molar-refractivity contribution in [2.24, 2.45) is 7.05 Å². The maximum Gasteiger partial charge on any atom is 0.316 e. The Morgan fingerprint density at radius 3 is 2.96 bits per heavy atom. The fourth-order valence-electron chi connectivity index (χ4n) is 3.51. The number of nitrogens with zero attached hydrogens (tertiary/aromatic N) is 2. The van der Waals surface area contributed by atoms with Crippen LogP contribution in [0.15, 0.2) is 41.8 Å². The summed E-state index contributed by atoms with van der Waals surface area (Å²) < 4.78 is 3.97. The molecule has 0 radical (unpaired) electrons. The quantitative estimate of drug-likeness (QED) is 0.593. The van der Waals surface area contributed by atoms with Crippen LogP contribution in [-0.4, -0.2) is 21.2 Å². The van der Waals surface area contributed by atoms with Gasteiger partial charge in [-0.3, -0.25) is 9.36 Å². The molecule has 1 aliphatic carbocycles. The van der Waals surface area contributed by atoms with Crippen LogP contribution in [0.25, 0.3) is 10.9 Å². The van der Waals surface area contributed by atoms with E-state index in [1.165, 1.54) is 29.5 Å². The fraction of sp³-hybridized carbons (Fsp3) is 0.333. The Balaban J connectivity index is 1.70. The standard InChI is InChI=1S/C18H19N3OS/c1-20-11-10-19-18(20)23-12-17(22)21-15-8-4-2-6-13(15)14-7-3-5-9-16(14)21/h2,4,6,8,10-11H,3,5,7,9,12H2,1H3/p+1. The number of thioether (sulfide) groups is 1. The summed E-state index contributed by atoms with van der Waals surface area (Å²) in [4.78, 5) is 16.1. The summed E-state index contributed by atoms with van der Waals surface area (Å²) >= 11 is 1.56. The second kappa shape index (κ2) is 5.89. The molecule has 2 aromatic heterocycles. The average molecular weight is 326 g/mol. The van der Waals surface area contributed by atoms with Crippen LogP contribution in [0, 0.1) is 0 Å². The number of nitrogens with one attached hydrogen (secondary N) is 1. The minimum atomic E-state index is 0.170. The Morgan fingerprint density at radius 2 is 2.13 bits per heavy atom. The molecule has 0 unspecified atom stereocenters. The first-order valence-corrected chi connectivity index (χ1v) is 9.04. The molecule has 0 atom stereocenters. The molecule has 1 N–H and O–H groups in total. The number of aromatic amines is 1. The van der Waals surface area contributed by atoms with Crippen molar-refractivity contribution in [1.82, 2.24) is 9.55 Å². The summed E-state index contributed by atoms with van der Waals surface area (Å²) in [5, 5.41) is 2.26. The molecule has 0 bridgehead atoms. The summed E-state index contributed by atoms with van der Waals surface area (Å²) in [7, 11) is 1.98. The van der Waals surface area contributed by atoms with E-state index in [-0.39, 0.29) is 5.91 Å². The Hall–Kier alpha value is -2.01. The monoisotopic (exact) mass is 326 g/mol. The van der Waals surface area contributed by atoms with E-state index in [4.69, 9.17) is 0 Å². The van der Waals surface area contributed by atoms with Gasteiger partial charge in [0.2, 0.25) is 5.91 Å². The van der Waals surface area contributed by atoms with E-state index in [0.717, 1.165) is 23.5 Å². The Bertz CT molecular complexity index is 878. The summed E-state index contributed by atoms with van der Waals surface area (Å²) in [5.41, 5.74) is 3.69. The van der Waals surface area contributed by atoms with Gasteiger partial charge in [-0.05, 0) is 49.1 Å². The van der Waals surface area contributed by atoms with Gasteiger partial charge in [-0.15, -0.1) is 0 Å². The summed E-state index contributed by atoms with van der Waals surface area (Å²) in [5.74, 6) is 0.614. The van der Waals surface area contributed by atoms with Gasteiger partial charge in [0.1, 0.15) is 12.4 Å². The van der Waals surface area contributed by atoms with E-state index in [9.17, 15) is 4.79 Å². The van der Waals surface area contributed by atoms with E-state index in [1.807, 2.05) is 34.6 Å². The van der Waals surface area contributed by atoms with Crippen LogP contribution in [0.3, 0.4) is 0 Å². The number of para-hydroxylation sites is 1. The molecule has 2 heterocycles. The highest BCUT2D eigenvalue weighted by atomic mass is 32.2. The number of aromatic nitrogens is 3. The van der Waals surface area contributed by atoms with E-state index in [1.54, 1.807) is 11.8 Å². The normalized spacial score (nSPS) is 14.1. The summed E-state index contributed by atoms with van der Waals surface area (Å²) in [6, 6.07) is 8.32. The topological polar surface area (TPSA) is 41.7 Å². The minimum Gasteiger partial charge on any atom is -0.283 e. The van der Waals surface area contributed by atoms with Crippen LogP contribution in [-0.2, 0) is 19.9 Å². The zero-order valence-electron chi connectivity index (χ0n) is 13.2. The van der Waals surface area contributed by atoms with Gasteiger partial charge < -0.3 is 0 Å². The maximum absolute atomic E-state index is 12.9. The number of hydrogen-bond acceptors (Lipinski definition) is 2. The molecule has 118 valence electrons. The van der Waals surface area contributed by atoms with E-state index in [0.29, 0.717) is 5.75 Å². The van der Waals surface area contributed by atoms with Gasteiger partial charge >= 0.3 is 5.16 Å². The smallest absolute Gasteiger partial charge is 0.283 e. The molecule has 4 rings (SSSR count). The minimum absolute atomic E-state index is 0.170. The van der Waals surface area contributed by atoms with Gasteiger partial charge in [-0.25, -0.2) is 9.55 Å². The van der Waals surface area contributed by atoms with Crippen molar-refractivity contribution in [3.05, 3.63) is 47.9 Å². The molecule has 1 aromatic carbocycles. The third kappa shape index (κ3) is 2.49. The number of benzene rings is 1. The summed E-state index contributed by atoms with van der Waals surface area (Å²) in [6.07, 6.45) is 8.35. The number of hydrogen-bond donors (Lipinski definition) is 1. The van der Waals surface area contributed by atoms with Crippen LogP contribution in [0.2, 0.25) is 0 Å². The molecule has 0 amide bonds. The molecule has 0 aliphatic heterocycles. The average Bonchev–Trinajstić information content (AvgIpc) is 3.14. The first-order chi connectivity index (χ1) is 11.3. The van der Waals surface area contributed by atoms with Crippen LogP contribution < -0.4 is 4.57 Å². The highest BCUT2D eigenvalue weighted by Gasteiger charge is 2.23. The predicted octanol–water partition coefficient (Wildman–Crippen LogP) is 3.11. The number of carbonyl (C=O) groups excluding carboxylic acids is 1. The van der Waals surface area contributed by atoms with Crippen LogP contribution in [0.4, 0.5) is 0 Å². The molecular weight excluding hydrogens is 306 g/mol. The van der Waals surface area contributed by atoms with Crippen molar-refractivity contribution >= 4 is 28.6 Å². The molecule has 5 heteroatoms. The predicted molar refractivity (Wildman–Crippen MR) is 91.9 cm³/mol. The van der Waals surface area contributed by atoms with Gasteiger partial charge in [-0.1, -0.05) is 18.2 Å². The van der Waals surface area contributed by atoms with Gasteiger partial charge in [0.15, 0.2) is 0 Å². The Morgan fingerprint density at radius 1 is 1.30 bits per heavy atom. The number of rotatable bonds is 3. The van der Waals surface area contributed by atoms with Gasteiger partial charge in [0.25, 0.3) is 0 Å². The molecule has 0 saturated heterocycles. The molecule has 0 fully saturated rings. The van der Waals surface area contributed by atoms with Crippen molar-refractivity contribution < 1.29 is 9.36 Å². The lowest BCUT2D eigenvalue weighted by Crippen LogP contribution is -2.28. The van der Waals surface area contributed by atoms with Crippen LogP contribution in [0.1, 0.15) is 28.9 Å². The second-order valence-corrected chi connectivity index (χ2v) is 7.01. The Kier molecular flexibility index (Phi) is 3.73. The maximum atomic E-state index is 12.9. The lowest BCUT2D eigenvalue weighted by molar-refractivity contribution is -0.708. The SMILES string of the molecule is C[n+]1cc[nH]c1SCC(=O)n1c2c(c3ccccc31)CCCC2. The number of aryl methyl sites for hydroxylation is 2. The van der Waals surface area contributed by atoms with Crippen molar-refractivity contribution in [2.45, 2.75) is 30.8 Å². The van der Waals surface area contributed by atoms with E-state index in [2.05, 4.69) is 23.2 Å². The third-order valence-corrected chi connectivity index (χ3v) is 5.66. The first-order valence-electron chi connectivity index (χ1n) is 8.06. The highest BCUT2D eigenvalue weighted by Crippen LogP contribution is 2.32. The zero-order chi connectivity index (χ0) is 15.8. The second-order valence-electron chi connectivity index (χ2n) is 6.04. The Labute approximate surface area is 139 Å². The number of fused-ring (bicyclic) bond motifs is 3. The number of imidazole rings is 1. The first kappa shape index (κ1) is 14.6. The zero-order valence-corrected chi connectivity index (χ0v) is 14.0. The molecule has 3 aromatic rings. The molecule has 0 saturated carbocycles. The van der Waals surface area contributed by atoms with E-state index < -0.39 is 0 Å². The molecule has 1 aliphatic rings. The highest BCUT2D eigenvalue weighted by molar-refractivity contribution is 7.99. The van der Waals surface area contributed by atoms with Crippen molar-refractivity contribution in [3.63, 3.8) is 0 Å². The molecule has 4 nitrogen and oxygen atoms in total. The van der Waals surface area contributed by atoms with Crippen LogP contribution in [0.5, 0.6) is 0 Å². The van der Waals surface area contributed by atoms with Crippen molar-refractivity contribution in [3.8, 4) is 0 Å². The number of carbonyl (C=O) groups is 1. The molecular formula is C18H20N3OS+. The van der Waals surface area contributed by atoms with Crippen LogP contribution >= 0.6 is 11.8 Å². The summed E-state index contributed by atoms with van der Waals surface area (Å²) in [6.45, 7) is 0. The van der Waals surface area contributed by atoms with E-state index >= 15 is 0 Å².